The Balaban J connectivity index is 1.77. The summed E-state index contributed by atoms with van der Waals surface area (Å²) >= 11 is 1.17. The largest absolute Gasteiger partial charge is 0.286 e. The van der Waals surface area contributed by atoms with Crippen molar-refractivity contribution in [1.29, 1.82) is 0 Å². The highest BCUT2D eigenvalue weighted by molar-refractivity contribution is 7.20. The van der Waals surface area contributed by atoms with E-state index in [2.05, 4.69) is 4.98 Å². The molecular weight excluding hydrogens is 324 g/mol. The number of non-ortho nitro benzene ring substituents is 1. The molecule has 1 heterocycles. The van der Waals surface area contributed by atoms with Gasteiger partial charge in [0, 0.05) is 17.7 Å². The molecule has 0 saturated carbocycles. The summed E-state index contributed by atoms with van der Waals surface area (Å²) in [6, 6.07) is 17.7. The second-order valence-electron chi connectivity index (χ2n) is 5.32. The van der Waals surface area contributed by atoms with Crippen molar-refractivity contribution in [2.24, 2.45) is 0 Å². The van der Waals surface area contributed by atoms with Gasteiger partial charge in [0.25, 0.3) is 5.69 Å². The van der Waals surface area contributed by atoms with Gasteiger partial charge in [0.05, 0.1) is 15.1 Å². The number of ketones is 1. The Morgan fingerprint density at radius 2 is 1.79 bits per heavy atom. The number of aromatic nitrogens is 1. The summed E-state index contributed by atoms with van der Waals surface area (Å²) < 4.78 is 0.633. The van der Waals surface area contributed by atoms with Gasteiger partial charge in [0.1, 0.15) is 0 Å². The highest BCUT2D eigenvalue weighted by Crippen LogP contribution is 2.28. The maximum atomic E-state index is 12.7. The summed E-state index contributed by atoms with van der Waals surface area (Å²) in [5, 5.41) is 13.2. The molecule has 0 aliphatic heterocycles. The topological polar surface area (TPSA) is 73.1 Å². The van der Waals surface area contributed by atoms with Crippen LogP contribution < -0.4 is 0 Å². The summed E-state index contributed by atoms with van der Waals surface area (Å²) in [6.45, 7) is 0. The van der Waals surface area contributed by atoms with Gasteiger partial charge in [0.15, 0.2) is 5.01 Å². The van der Waals surface area contributed by atoms with Crippen LogP contribution in [-0.2, 0) is 0 Å². The number of rotatable bonds is 3. The van der Waals surface area contributed by atoms with E-state index < -0.39 is 4.92 Å². The number of carbonyl (C=O) groups excluding carboxylic acids is 1. The Kier molecular flexibility index (Phi) is 3.32. The smallest absolute Gasteiger partial charge is 0.270 e. The monoisotopic (exact) mass is 334 g/mol. The molecule has 1 aromatic heterocycles. The lowest BCUT2D eigenvalue weighted by atomic mass is 10.0. The molecule has 3 aromatic carbocycles. The third-order valence-corrected chi connectivity index (χ3v) is 4.81. The Morgan fingerprint density at radius 1 is 1.00 bits per heavy atom. The molecule has 5 nitrogen and oxygen atoms in total. The molecule has 0 N–H and O–H groups in total. The minimum absolute atomic E-state index is 0.00384. The lowest BCUT2D eigenvalue weighted by Crippen LogP contribution is -2.00. The number of thiazole rings is 1. The van der Waals surface area contributed by atoms with Crippen LogP contribution in [0.5, 0.6) is 0 Å². The normalized spacial score (nSPS) is 11.0. The van der Waals surface area contributed by atoms with Crippen molar-refractivity contribution in [2.45, 2.75) is 0 Å². The molecule has 0 fully saturated rings. The second kappa shape index (κ2) is 5.50. The van der Waals surface area contributed by atoms with Crippen LogP contribution in [0.2, 0.25) is 0 Å². The van der Waals surface area contributed by atoms with Crippen LogP contribution in [0.1, 0.15) is 15.4 Å². The van der Waals surface area contributed by atoms with E-state index in [1.807, 2.05) is 36.4 Å². The highest BCUT2D eigenvalue weighted by atomic mass is 32.1. The maximum absolute atomic E-state index is 12.7. The fourth-order valence-electron chi connectivity index (χ4n) is 2.58. The van der Waals surface area contributed by atoms with E-state index in [9.17, 15) is 14.9 Å². The van der Waals surface area contributed by atoms with E-state index in [-0.39, 0.29) is 11.5 Å². The zero-order valence-electron chi connectivity index (χ0n) is 12.3. The first-order valence-electron chi connectivity index (χ1n) is 7.20. The van der Waals surface area contributed by atoms with Crippen LogP contribution in [0.15, 0.2) is 60.7 Å². The van der Waals surface area contributed by atoms with Crippen molar-refractivity contribution in [1.82, 2.24) is 4.98 Å². The summed E-state index contributed by atoms with van der Waals surface area (Å²) in [6.07, 6.45) is 0. The third-order valence-electron chi connectivity index (χ3n) is 3.79. The number of benzene rings is 3. The molecule has 0 aliphatic rings. The molecule has 4 rings (SSSR count). The minimum atomic E-state index is -0.454. The average Bonchev–Trinajstić information content (AvgIpc) is 3.03. The van der Waals surface area contributed by atoms with E-state index in [1.54, 1.807) is 12.1 Å². The van der Waals surface area contributed by atoms with Crippen molar-refractivity contribution < 1.29 is 9.72 Å². The molecule has 24 heavy (non-hydrogen) atoms. The summed E-state index contributed by atoms with van der Waals surface area (Å²) in [5.41, 5.74) is 1.15. The lowest BCUT2D eigenvalue weighted by Gasteiger charge is -2.01. The first-order valence-corrected chi connectivity index (χ1v) is 8.02. The molecule has 0 amide bonds. The second-order valence-corrected chi connectivity index (χ2v) is 6.35. The standard InChI is InChI=1S/C18H10N2O3S/c21-17(13-6-5-11-3-1-2-4-12(11)9-13)18-19-15-8-7-14(20(22)23)10-16(15)24-18/h1-10H. The molecule has 6 heteroatoms. The van der Waals surface area contributed by atoms with Gasteiger partial charge < -0.3 is 0 Å². The molecule has 116 valence electrons. The fourth-order valence-corrected chi connectivity index (χ4v) is 3.54. The van der Waals surface area contributed by atoms with Crippen LogP contribution >= 0.6 is 11.3 Å². The zero-order valence-corrected chi connectivity index (χ0v) is 13.1. The SMILES string of the molecule is O=C(c1ccc2ccccc2c1)c1nc2ccc([N+](=O)[O-])cc2s1. The first kappa shape index (κ1) is 14.5. The molecule has 4 aromatic rings. The number of nitrogens with zero attached hydrogens (tertiary/aromatic N) is 2. The van der Waals surface area contributed by atoms with Gasteiger partial charge in [-0.25, -0.2) is 4.98 Å². The van der Waals surface area contributed by atoms with E-state index in [0.717, 1.165) is 10.8 Å². The Morgan fingerprint density at radius 3 is 2.58 bits per heavy atom. The zero-order chi connectivity index (χ0) is 16.7. The molecule has 0 saturated heterocycles. The lowest BCUT2D eigenvalue weighted by molar-refractivity contribution is -0.384. The fraction of sp³-hybridized carbons (Fsp3) is 0. The van der Waals surface area contributed by atoms with Crippen molar-refractivity contribution in [3.05, 3.63) is 81.3 Å². The molecule has 0 unspecified atom stereocenters. The minimum Gasteiger partial charge on any atom is -0.286 e. The molecule has 0 aliphatic carbocycles. The van der Waals surface area contributed by atoms with Crippen molar-refractivity contribution >= 4 is 43.8 Å². The number of carbonyl (C=O) groups is 1. The van der Waals surface area contributed by atoms with E-state index >= 15 is 0 Å². The van der Waals surface area contributed by atoms with E-state index in [4.69, 9.17) is 0 Å². The van der Waals surface area contributed by atoms with Gasteiger partial charge in [-0.1, -0.05) is 36.4 Å². The Bertz CT molecular complexity index is 1120. The van der Waals surface area contributed by atoms with Crippen molar-refractivity contribution in [3.8, 4) is 0 Å². The first-order chi connectivity index (χ1) is 11.6. The van der Waals surface area contributed by atoms with E-state index in [1.165, 1.54) is 23.5 Å². The van der Waals surface area contributed by atoms with Gasteiger partial charge in [-0.15, -0.1) is 11.3 Å². The summed E-state index contributed by atoms with van der Waals surface area (Å²) in [7, 11) is 0. The van der Waals surface area contributed by atoms with Crippen LogP contribution in [0.3, 0.4) is 0 Å². The van der Waals surface area contributed by atoms with Gasteiger partial charge in [-0.05, 0) is 22.9 Å². The van der Waals surface area contributed by atoms with Crippen molar-refractivity contribution in [2.75, 3.05) is 0 Å². The summed E-state index contributed by atoms with van der Waals surface area (Å²) in [5.74, 6) is -0.176. The van der Waals surface area contributed by atoms with Crippen LogP contribution in [0.4, 0.5) is 5.69 Å². The van der Waals surface area contributed by atoms with E-state index in [0.29, 0.717) is 20.8 Å². The van der Waals surface area contributed by atoms with Crippen LogP contribution in [0, 0.1) is 10.1 Å². The van der Waals surface area contributed by atoms with Gasteiger partial charge in [-0.3, -0.25) is 14.9 Å². The maximum Gasteiger partial charge on any atom is 0.270 e. The average molecular weight is 334 g/mol. The van der Waals surface area contributed by atoms with Crippen LogP contribution in [0.25, 0.3) is 21.0 Å². The van der Waals surface area contributed by atoms with Gasteiger partial charge in [0.2, 0.25) is 5.78 Å². The number of fused-ring (bicyclic) bond motifs is 2. The number of hydrogen-bond acceptors (Lipinski definition) is 5. The Labute approximate surface area is 140 Å². The molecule has 0 atom stereocenters. The number of nitro groups is 1. The van der Waals surface area contributed by atoms with Gasteiger partial charge in [-0.2, -0.15) is 0 Å². The van der Waals surface area contributed by atoms with Gasteiger partial charge >= 0.3 is 0 Å². The molecule has 0 radical (unpaired) electrons. The van der Waals surface area contributed by atoms with Crippen molar-refractivity contribution in [3.63, 3.8) is 0 Å². The molecular formula is C18H10N2O3S. The quantitative estimate of drug-likeness (QED) is 0.312. The molecule has 0 bridgehead atoms. The number of hydrogen-bond donors (Lipinski definition) is 0. The Hall–Kier alpha value is -3.12. The predicted octanol–water partition coefficient (Wildman–Crippen LogP) is 4.59. The highest BCUT2D eigenvalue weighted by Gasteiger charge is 2.16. The predicted molar refractivity (Wildman–Crippen MR) is 93.7 cm³/mol. The number of nitro benzene ring substituents is 1. The third kappa shape index (κ3) is 2.43. The van der Waals surface area contributed by atoms with Crippen LogP contribution in [-0.4, -0.2) is 15.7 Å². The molecule has 0 spiro atoms. The summed E-state index contributed by atoms with van der Waals surface area (Å²) in [4.78, 5) is 27.4.